The van der Waals surface area contributed by atoms with Crippen molar-refractivity contribution in [3.63, 3.8) is 0 Å². The Hall–Kier alpha value is -2.34. The number of allylic oxidation sites excluding steroid dienone is 1. The fraction of sp³-hybridized carbons (Fsp3) is 0.444. The van der Waals surface area contributed by atoms with E-state index in [1.54, 1.807) is 26.8 Å². The van der Waals surface area contributed by atoms with E-state index >= 15 is 0 Å². The summed E-state index contributed by atoms with van der Waals surface area (Å²) in [6.45, 7) is 4.92. The minimum atomic E-state index is -1.05. The van der Waals surface area contributed by atoms with Gasteiger partial charge in [0.1, 0.15) is 6.04 Å². The fourth-order valence-corrected chi connectivity index (χ4v) is 2.07. The fourth-order valence-electron chi connectivity index (χ4n) is 2.07. The number of nitrogens with one attached hydrogen (secondary N) is 2. The predicted octanol–water partition coefficient (Wildman–Crippen LogP) is 1.17. The lowest BCUT2D eigenvalue weighted by Gasteiger charge is -2.24. The summed E-state index contributed by atoms with van der Waals surface area (Å²) < 4.78 is 0. The zero-order valence-electron chi connectivity index (χ0n) is 14.6. The Balaban J connectivity index is 2.69. The van der Waals surface area contributed by atoms with Crippen LogP contribution in [0.3, 0.4) is 0 Å². The highest BCUT2D eigenvalue weighted by molar-refractivity contribution is 5.91. The van der Waals surface area contributed by atoms with Crippen LogP contribution in [0.2, 0.25) is 0 Å². The maximum absolute atomic E-state index is 12.3. The number of hydrogen-bond acceptors (Lipinski definition) is 4. The number of aryl methyl sites for hydroxylation is 1. The third kappa shape index (κ3) is 6.83. The van der Waals surface area contributed by atoms with Crippen LogP contribution >= 0.6 is 0 Å². The van der Waals surface area contributed by atoms with Crippen LogP contribution in [0.25, 0.3) is 0 Å². The molecule has 0 aliphatic rings. The molecule has 0 fully saturated rings. The largest absolute Gasteiger partial charge is 0.385 e. The van der Waals surface area contributed by atoms with Crippen molar-refractivity contribution in [1.82, 2.24) is 10.6 Å². The van der Waals surface area contributed by atoms with Gasteiger partial charge in [0.15, 0.2) is 0 Å². The number of amides is 2. The van der Waals surface area contributed by atoms with Gasteiger partial charge in [0, 0.05) is 0 Å². The molecular weight excluding hydrogens is 304 g/mol. The van der Waals surface area contributed by atoms with Crippen molar-refractivity contribution >= 4 is 11.8 Å². The van der Waals surface area contributed by atoms with E-state index in [4.69, 9.17) is 11.5 Å². The molecule has 0 aromatic heterocycles. The second-order valence-electron chi connectivity index (χ2n) is 6.36. The Kier molecular flexibility index (Phi) is 7.45. The minimum absolute atomic E-state index is 0.259. The van der Waals surface area contributed by atoms with Crippen LogP contribution in [0.5, 0.6) is 0 Å². The lowest BCUT2D eigenvalue weighted by molar-refractivity contribution is -0.131. The molecule has 1 aromatic rings. The Morgan fingerprint density at radius 2 is 1.88 bits per heavy atom. The van der Waals surface area contributed by atoms with E-state index in [1.165, 1.54) is 5.56 Å². The molecule has 6 N–H and O–H groups in total. The number of rotatable bonds is 8. The molecule has 0 saturated carbocycles. The third-order valence-corrected chi connectivity index (χ3v) is 3.59. The third-order valence-electron chi connectivity index (χ3n) is 3.59. The minimum Gasteiger partial charge on any atom is -0.385 e. The van der Waals surface area contributed by atoms with E-state index in [2.05, 4.69) is 10.6 Å². The quantitative estimate of drug-likeness (QED) is 0.572. The SMILES string of the molecule is CC=C(N)NC(=O)C(CCCc1ccccc1)NC(=O)C(C)(C)N. The summed E-state index contributed by atoms with van der Waals surface area (Å²) in [7, 11) is 0. The van der Waals surface area contributed by atoms with Crippen LogP contribution in [0.4, 0.5) is 0 Å². The second kappa shape index (κ2) is 9.08. The molecule has 24 heavy (non-hydrogen) atoms. The number of hydrogen-bond donors (Lipinski definition) is 4. The monoisotopic (exact) mass is 332 g/mol. The molecule has 0 spiro atoms. The van der Waals surface area contributed by atoms with Gasteiger partial charge >= 0.3 is 0 Å². The summed E-state index contributed by atoms with van der Waals surface area (Å²) in [6.07, 6.45) is 3.67. The maximum atomic E-state index is 12.3. The van der Waals surface area contributed by atoms with Crippen molar-refractivity contribution < 1.29 is 9.59 Å². The van der Waals surface area contributed by atoms with Crippen LogP contribution in [0.15, 0.2) is 42.2 Å². The van der Waals surface area contributed by atoms with Gasteiger partial charge in [-0.25, -0.2) is 0 Å². The first-order valence-corrected chi connectivity index (χ1v) is 8.10. The van der Waals surface area contributed by atoms with Crippen LogP contribution in [0.1, 0.15) is 39.2 Å². The number of carbonyl (C=O) groups excluding carboxylic acids is 2. The molecule has 1 atom stereocenters. The first kappa shape index (κ1) is 19.7. The van der Waals surface area contributed by atoms with Gasteiger partial charge in [-0.1, -0.05) is 30.3 Å². The highest BCUT2D eigenvalue weighted by Gasteiger charge is 2.27. The molecule has 0 radical (unpaired) electrons. The molecule has 1 unspecified atom stereocenters. The van der Waals surface area contributed by atoms with E-state index in [-0.39, 0.29) is 17.6 Å². The van der Waals surface area contributed by atoms with Gasteiger partial charge in [-0.15, -0.1) is 0 Å². The molecule has 2 amide bonds. The van der Waals surface area contributed by atoms with Gasteiger partial charge in [-0.2, -0.15) is 0 Å². The summed E-state index contributed by atoms with van der Waals surface area (Å²) in [4.78, 5) is 24.4. The summed E-state index contributed by atoms with van der Waals surface area (Å²) >= 11 is 0. The summed E-state index contributed by atoms with van der Waals surface area (Å²) in [6, 6.07) is 9.31. The van der Waals surface area contributed by atoms with E-state index in [0.29, 0.717) is 6.42 Å². The Bertz CT molecular complexity index is 576. The Morgan fingerprint density at radius 1 is 1.25 bits per heavy atom. The zero-order chi connectivity index (χ0) is 18.2. The molecule has 0 bridgehead atoms. The highest BCUT2D eigenvalue weighted by Crippen LogP contribution is 2.08. The van der Waals surface area contributed by atoms with Crippen LogP contribution < -0.4 is 22.1 Å². The Labute approximate surface area is 143 Å². The molecule has 6 nitrogen and oxygen atoms in total. The van der Waals surface area contributed by atoms with Gasteiger partial charge in [0.05, 0.1) is 11.4 Å². The average molecular weight is 332 g/mol. The van der Waals surface area contributed by atoms with Crippen LogP contribution in [0, 0.1) is 0 Å². The van der Waals surface area contributed by atoms with Crippen molar-refractivity contribution in [2.24, 2.45) is 11.5 Å². The topological polar surface area (TPSA) is 110 Å². The molecule has 6 heteroatoms. The second-order valence-corrected chi connectivity index (χ2v) is 6.36. The zero-order valence-corrected chi connectivity index (χ0v) is 14.6. The van der Waals surface area contributed by atoms with Gasteiger partial charge in [0.2, 0.25) is 11.8 Å². The molecule has 0 heterocycles. The standard InChI is InChI=1S/C18H28N4O2/c1-4-15(19)22-16(23)14(21-17(24)18(2,3)20)12-8-11-13-9-6-5-7-10-13/h4-7,9-10,14H,8,11-12,19-20H2,1-3H3,(H,21,24)(H,22,23). The van der Waals surface area contributed by atoms with E-state index < -0.39 is 11.6 Å². The van der Waals surface area contributed by atoms with E-state index in [0.717, 1.165) is 12.8 Å². The molecule has 132 valence electrons. The summed E-state index contributed by atoms with van der Waals surface area (Å²) in [5.41, 5.74) is 11.6. The molecule has 1 aromatic carbocycles. The van der Waals surface area contributed by atoms with E-state index in [1.807, 2.05) is 30.3 Å². The van der Waals surface area contributed by atoms with Gasteiger partial charge in [0.25, 0.3) is 0 Å². The summed E-state index contributed by atoms with van der Waals surface area (Å²) in [5, 5.41) is 5.29. The molecule has 1 rings (SSSR count). The first-order valence-electron chi connectivity index (χ1n) is 8.10. The highest BCUT2D eigenvalue weighted by atomic mass is 16.2. The van der Waals surface area contributed by atoms with Crippen molar-refractivity contribution in [2.75, 3.05) is 0 Å². The van der Waals surface area contributed by atoms with Crippen molar-refractivity contribution in [3.8, 4) is 0 Å². The normalized spacial score (nSPS) is 13.2. The Morgan fingerprint density at radius 3 is 2.42 bits per heavy atom. The molecule has 0 aliphatic carbocycles. The van der Waals surface area contributed by atoms with Crippen LogP contribution in [-0.2, 0) is 16.0 Å². The first-order chi connectivity index (χ1) is 11.2. The number of benzene rings is 1. The lowest BCUT2D eigenvalue weighted by Crippen LogP contribution is -2.56. The van der Waals surface area contributed by atoms with Gasteiger partial charge in [-0.3, -0.25) is 9.59 Å². The summed E-state index contributed by atoms with van der Waals surface area (Å²) in [5.74, 6) is -0.452. The van der Waals surface area contributed by atoms with Crippen molar-refractivity contribution in [1.29, 1.82) is 0 Å². The molecule has 0 aliphatic heterocycles. The average Bonchev–Trinajstić information content (AvgIpc) is 2.53. The molecular formula is C18H28N4O2. The van der Waals surface area contributed by atoms with Crippen molar-refractivity contribution in [3.05, 3.63) is 47.8 Å². The number of carbonyl (C=O) groups is 2. The predicted molar refractivity (Wildman–Crippen MR) is 95.7 cm³/mol. The molecule has 0 saturated heterocycles. The lowest BCUT2D eigenvalue weighted by atomic mass is 10.0. The van der Waals surface area contributed by atoms with E-state index in [9.17, 15) is 9.59 Å². The van der Waals surface area contributed by atoms with Gasteiger partial charge in [-0.05, 0) is 51.7 Å². The number of nitrogens with two attached hydrogens (primary N) is 2. The van der Waals surface area contributed by atoms with Gasteiger partial charge < -0.3 is 22.1 Å². The van der Waals surface area contributed by atoms with Crippen LogP contribution in [-0.4, -0.2) is 23.4 Å². The smallest absolute Gasteiger partial charge is 0.248 e. The van der Waals surface area contributed by atoms with Crippen molar-refractivity contribution in [2.45, 2.75) is 51.6 Å². The maximum Gasteiger partial charge on any atom is 0.248 e.